The van der Waals surface area contributed by atoms with Crippen LogP contribution in [0, 0.1) is 0 Å². The van der Waals surface area contributed by atoms with E-state index in [1.807, 2.05) is 16.7 Å². The lowest BCUT2D eigenvalue weighted by Crippen LogP contribution is -2.35. The van der Waals surface area contributed by atoms with Crippen molar-refractivity contribution in [1.82, 2.24) is 8.87 Å². The average molecular weight is 488 g/mol. The molecular formula is C23H25N3O5S2. The van der Waals surface area contributed by atoms with E-state index in [-0.39, 0.29) is 11.7 Å². The van der Waals surface area contributed by atoms with Gasteiger partial charge in [-0.05, 0) is 43.5 Å². The fraction of sp³-hybridized carbons (Fsp3) is 0.391. The van der Waals surface area contributed by atoms with Crippen LogP contribution in [0.4, 0.5) is 0 Å². The Morgan fingerprint density at radius 3 is 2.45 bits per heavy atom. The van der Waals surface area contributed by atoms with Gasteiger partial charge in [-0.25, -0.2) is 8.42 Å². The molecule has 33 heavy (non-hydrogen) atoms. The van der Waals surface area contributed by atoms with E-state index >= 15 is 0 Å². The van der Waals surface area contributed by atoms with Gasteiger partial charge >= 0.3 is 0 Å². The van der Waals surface area contributed by atoms with E-state index in [4.69, 9.17) is 9.47 Å². The Morgan fingerprint density at radius 1 is 1.06 bits per heavy atom. The number of hydrogen-bond acceptors (Lipinski definition) is 6. The van der Waals surface area contributed by atoms with Gasteiger partial charge in [-0.2, -0.15) is 9.30 Å². The van der Waals surface area contributed by atoms with E-state index in [2.05, 4.69) is 11.9 Å². The number of piperidine rings is 1. The normalized spacial score (nSPS) is 17.1. The quantitative estimate of drug-likeness (QED) is 0.547. The number of nitrogens with zero attached hydrogens (tertiary/aromatic N) is 3. The summed E-state index contributed by atoms with van der Waals surface area (Å²) in [5.41, 5.74) is 1.29. The highest BCUT2D eigenvalue weighted by Gasteiger charge is 2.26. The maximum absolute atomic E-state index is 12.9. The van der Waals surface area contributed by atoms with Gasteiger partial charge in [0.1, 0.15) is 0 Å². The summed E-state index contributed by atoms with van der Waals surface area (Å²) < 4.78 is 41.2. The number of hydrogen-bond donors (Lipinski definition) is 0. The monoisotopic (exact) mass is 487 g/mol. The van der Waals surface area contributed by atoms with Gasteiger partial charge in [-0.1, -0.05) is 24.7 Å². The molecule has 1 saturated heterocycles. The fourth-order valence-corrected chi connectivity index (χ4v) is 6.74. The maximum Gasteiger partial charge on any atom is 0.279 e. The van der Waals surface area contributed by atoms with Crippen LogP contribution in [0.1, 0.15) is 43.0 Å². The van der Waals surface area contributed by atoms with E-state index in [0.717, 1.165) is 35.9 Å². The highest BCUT2D eigenvalue weighted by atomic mass is 32.2. The summed E-state index contributed by atoms with van der Waals surface area (Å²) in [5.74, 6) is 0.970. The molecule has 0 N–H and O–H groups in total. The number of carbonyl (C=O) groups excluding carboxylic acids is 1. The number of thiazole rings is 1. The SMILES string of the molecule is CCCn1c(=NC(=O)c2ccc(S(=O)(=O)N3CCCCC3)cc2)sc2cc3c(cc21)OCO3. The largest absolute Gasteiger partial charge is 0.454 e. The van der Waals surface area contributed by atoms with Gasteiger partial charge < -0.3 is 14.0 Å². The van der Waals surface area contributed by atoms with Crippen molar-refractivity contribution >= 4 is 37.5 Å². The molecule has 5 rings (SSSR count). The Kier molecular flexibility index (Phi) is 5.98. The van der Waals surface area contributed by atoms with Crippen molar-refractivity contribution in [3.63, 3.8) is 0 Å². The summed E-state index contributed by atoms with van der Waals surface area (Å²) in [6.07, 6.45) is 3.69. The number of aromatic nitrogens is 1. The molecule has 0 radical (unpaired) electrons. The molecule has 3 aromatic rings. The minimum atomic E-state index is -3.53. The molecule has 10 heteroatoms. The molecule has 0 unspecified atom stereocenters. The second-order valence-electron chi connectivity index (χ2n) is 8.12. The molecule has 1 amide bonds. The third-order valence-electron chi connectivity index (χ3n) is 5.88. The van der Waals surface area contributed by atoms with Crippen molar-refractivity contribution in [2.24, 2.45) is 4.99 Å². The minimum absolute atomic E-state index is 0.207. The van der Waals surface area contributed by atoms with Crippen LogP contribution in [0.3, 0.4) is 0 Å². The third kappa shape index (κ3) is 4.18. The van der Waals surface area contributed by atoms with Gasteiger partial charge in [0.15, 0.2) is 16.3 Å². The molecule has 174 valence electrons. The molecule has 1 fully saturated rings. The molecule has 2 aromatic carbocycles. The number of aryl methyl sites for hydroxylation is 1. The molecular weight excluding hydrogens is 462 g/mol. The molecule has 2 aliphatic rings. The van der Waals surface area contributed by atoms with Crippen LogP contribution in [0.15, 0.2) is 46.3 Å². The molecule has 0 aliphatic carbocycles. The van der Waals surface area contributed by atoms with Crippen molar-refractivity contribution in [1.29, 1.82) is 0 Å². The Bertz CT molecular complexity index is 1370. The number of amides is 1. The van der Waals surface area contributed by atoms with E-state index in [1.54, 1.807) is 0 Å². The van der Waals surface area contributed by atoms with Crippen molar-refractivity contribution in [2.45, 2.75) is 44.0 Å². The topological polar surface area (TPSA) is 90.2 Å². The van der Waals surface area contributed by atoms with Crippen LogP contribution in [0.25, 0.3) is 10.2 Å². The van der Waals surface area contributed by atoms with E-state index in [9.17, 15) is 13.2 Å². The summed E-state index contributed by atoms with van der Waals surface area (Å²) >= 11 is 1.42. The first-order valence-corrected chi connectivity index (χ1v) is 13.4. The van der Waals surface area contributed by atoms with Crippen LogP contribution in [0.5, 0.6) is 11.5 Å². The van der Waals surface area contributed by atoms with Crippen LogP contribution in [-0.4, -0.2) is 43.1 Å². The van der Waals surface area contributed by atoms with Gasteiger partial charge in [0.2, 0.25) is 16.8 Å². The number of rotatable bonds is 5. The molecule has 0 atom stereocenters. The summed E-state index contributed by atoms with van der Waals surface area (Å²) in [5, 5.41) is 0. The van der Waals surface area contributed by atoms with Crippen molar-refractivity contribution in [3.8, 4) is 11.5 Å². The summed E-state index contributed by atoms with van der Waals surface area (Å²) in [7, 11) is -3.53. The number of ether oxygens (including phenoxy) is 2. The molecule has 1 aromatic heterocycles. The highest BCUT2D eigenvalue weighted by Crippen LogP contribution is 2.37. The van der Waals surface area contributed by atoms with Crippen LogP contribution < -0.4 is 14.3 Å². The van der Waals surface area contributed by atoms with Crippen LogP contribution in [-0.2, 0) is 16.6 Å². The predicted octanol–water partition coefficient (Wildman–Crippen LogP) is 3.76. The lowest BCUT2D eigenvalue weighted by atomic mass is 10.2. The Labute approximate surface area is 196 Å². The highest BCUT2D eigenvalue weighted by molar-refractivity contribution is 7.89. The van der Waals surface area contributed by atoms with Gasteiger partial charge in [-0.15, -0.1) is 0 Å². The standard InChI is InChI=1S/C23H25N3O5S2/c1-2-10-26-18-13-19-20(31-15-30-19)14-21(18)32-23(26)24-22(27)16-6-8-17(9-7-16)33(28,29)25-11-4-3-5-12-25/h6-9,13-14H,2-5,10-12,15H2,1H3. The van der Waals surface area contributed by atoms with Crippen LogP contribution >= 0.6 is 11.3 Å². The minimum Gasteiger partial charge on any atom is -0.454 e. The zero-order valence-electron chi connectivity index (χ0n) is 18.3. The lowest BCUT2D eigenvalue weighted by molar-refractivity contribution is 0.0997. The summed E-state index contributed by atoms with van der Waals surface area (Å²) in [6, 6.07) is 9.91. The maximum atomic E-state index is 12.9. The van der Waals surface area contributed by atoms with Crippen LogP contribution in [0.2, 0.25) is 0 Å². The smallest absolute Gasteiger partial charge is 0.279 e. The van der Waals surface area contributed by atoms with Gasteiger partial charge in [0.05, 0.1) is 15.1 Å². The second-order valence-corrected chi connectivity index (χ2v) is 11.1. The molecule has 3 heterocycles. The summed E-state index contributed by atoms with van der Waals surface area (Å²) in [6.45, 7) is 4.07. The average Bonchev–Trinajstić information content (AvgIpc) is 3.42. The molecule has 0 saturated carbocycles. The van der Waals surface area contributed by atoms with E-state index < -0.39 is 15.9 Å². The van der Waals surface area contributed by atoms with Crippen molar-refractivity contribution < 1.29 is 22.7 Å². The van der Waals surface area contributed by atoms with Crippen molar-refractivity contribution in [2.75, 3.05) is 19.9 Å². The summed E-state index contributed by atoms with van der Waals surface area (Å²) in [4.78, 5) is 18.1. The van der Waals surface area contributed by atoms with E-state index in [0.29, 0.717) is 41.5 Å². The Hall–Kier alpha value is -2.69. The third-order valence-corrected chi connectivity index (χ3v) is 8.83. The lowest BCUT2D eigenvalue weighted by Gasteiger charge is -2.25. The molecule has 0 spiro atoms. The van der Waals surface area contributed by atoms with E-state index in [1.165, 1.54) is 39.9 Å². The fourth-order valence-electron chi connectivity index (χ4n) is 4.16. The Balaban J connectivity index is 1.46. The molecule has 0 bridgehead atoms. The number of fused-ring (bicyclic) bond motifs is 2. The first-order chi connectivity index (χ1) is 16.0. The second kappa shape index (κ2) is 8.92. The number of carbonyl (C=O) groups is 1. The first kappa shape index (κ1) is 22.1. The number of sulfonamides is 1. The predicted molar refractivity (Wildman–Crippen MR) is 125 cm³/mol. The Morgan fingerprint density at radius 2 is 1.76 bits per heavy atom. The van der Waals surface area contributed by atoms with Crippen molar-refractivity contribution in [3.05, 3.63) is 46.8 Å². The molecule has 8 nitrogen and oxygen atoms in total. The number of benzene rings is 2. The molecule has 2 aliphatic heterocycles. The first-order valence-electron chi connectivity index (χ1n) is 11.1. The zero-order chi connectivity index (χ0) is 23.0. The van der Waals surface area contributed by atoms with Gasteiger partial charge in [0, 0.05) is 37.3 Å². The van der Waals surface area contributed by atoms with Gasteiger partial charge in [0.25, 0.3) is 5.91 Å². The zero-order valence-corrected chi connectivity index (χ0v) is 20.0. The van der Waals surface area contributed by atoms with Gasteiger partial charge in [-0.3, -0.25) is 4.79 Å².